The second kappa shape index (κ2) is 7.32. The number of hydrogen-bond donors (Lipinski definition) is 1. The summed E-state index contributed by atoms with van der Waals surface area (Å²) >= 11 is 2.09. The van der Waals surface area contributed by atoms with Crippen molar-refractivity contribution in [2.75, 3.05) is 19.6 Å². The molecule has 3 saturated heterocycles. The smallest absolute Gasteiger partial charge is 0.343 e. The number of carbonyl (C=O) groups is 1. The van der Waals surface area contributed by atoms with Gasteiger partial charge in [-0.05, 0) is 41.5 Å². The van der Waals surface area contributed by atoms with Gasteiger partial charge in [-0.2, -0.15) is 0 Å². The van der Waals surface area contributed by atoms with E-state index in [1.54, 1.807) is 18.2 Å². The van der Waals surface area contributed by atoms with Crippen LogP contribution in [0.4, 0.5) is 0 Å². The highest BCUT2D eigenvalue weighted by atomic mass is 125. The lowest BCUT2D eigenvalue weighted by atomic mass is 9.85. The maximum atomic E-state index is 12.8. The number of hydrogen-bond acceptors (Lipinski definition) is 4. The zero-order valence-electron chi connectivity index (χ0n) is 13.0. The third-order valence-electron chi connectivity index (χ3n) is 4.95. The molecule has 0 aromatic heterocycles. The van der Waals surface area contributed by atoms with Crippen molar-refractivity contribution in [1.82, 2.24) is 4.90 Å². The lowest BCUT2D eigenvalue weighted by Crippen LogP contribution is -2.53. The van der Waals surface area contributed by atoms with E-state index in [4.69, 9.17) is 4.74 Å². The average molecular weight is 425 g/mol. The standard InChI is InChI=1S/C18H22INO3/c19-10-4-9-18(22,15-5-2-1-3-6-15)17(21)23-16-13-20-11-7-14(16)8-12-20/h1-6,10,14,16,22H,7-9,11-13H2/b10-4+/i19-2. The molecule has 3 aliphatic rings. The van der Waals surface area contributed by atoms with Gasteiger partial charge in [0, 0.05) is 13.0 Å². The number of esters is 1. The summed E-state index contributed by atoms with van der Waals surface area (Å²) in [5.74, 6) is -0.0963. The van der Waals surface area contributed by atoms with E-state index >= 15 is 0 Å². The molecular formula is C18H22INO3. The average Bonchev–Trinajstić information content (AvgIpc) is 2.61. The molecular weight excluding hydrogens is 403 g/mol. The van der Waals surface area contributed by atoms with Gasteiger partial charge in [-0.25, -0.2) is 4.79 Å². The fraction of sp³-hybridized carbons (Fsp3) is 0.500. The van der Waals surface area contributed by atoms with Gasteiger partial charge < -0.3 is 9.84 Å². The summed E-state index contributed by atoms with van der Waals surface area (Å²) in [5.41, 5.74) is -1.03. The first-order valence-electron chi connectivity index (χ1n) is 8.10. The Balaban J connectivity index is 1.78. The van der Waals surface area contributed by atoms with Gasteiger partial charge in [0.2, 0.25) is 0 Å². The number of halogens is 1. The van der Waals surface area contributed by atoms with Gasteiger partial charge in [-0.1, -0.05) is 59.0 Å². The Hall–Kier alpha value is -0.920. The van der Waals surface area contributed by atoms with Gasteiger partial charge >= 0.3 is 5.97 Å². The van der Waals surface area contributed by atoms with E-state index in [9.17, 15) is 9.90 Å². The Morgan fingerprint density at radius 3 is 2.61 bits per heavy atom. The summed E-state index contributed by atoms with van der Waals surface area (Å²) in [6.45, 7) is 2.99. The quantitative estimate of drug-likeness (QED) is 0.583. The Morgan fingerprint density at radius 2 is 2.04 bits per heavy atom. The SMILES string of the molecule is O=C(OC1CN2CCC1CC2)C(O)(C/C=C/[125I])c1ccccc1. The van der Waals surface area contributed by atoms with E-state index in [2.05, 4.69) is 27.5 Å². The molecule has 1 aromatic carbocycles. The summed E-state index contributed by atoms with van der Waals surface area (Å²) in [7, 11) is 0. The first-order valence-corrected chi connectivity index (χ1v) is 9.34. The van der Waals surface area contributed by atoms with E-state index < -0.39 is 11.6 Å². The number of benzene rings is 1. The molecule has 0 radical (unpaired) electrons. The molecule has 3 aliphatic heterocycles. The van der Waals surface area contributed by atoms with Crippen LogP contribution in [0.5, 0.6) is 0 Å². The highest BCUT2D eigenvalue weighted by Gasteiger charge is 2.43. The zero-order valence-corrected chi connectivity index (χ0v) is 15.2. The minimum absolute atomic E-state index is 0.0937. The first kappa shape index (κ1) is 16.9. The molecule has 0 saturated carbocycles. The lowest BCUT2D eigenvalue weighted by Gasteiger charge is -2.44. The number of fused-ring (bicyclic) bond motifs is 3. The predicted octanol–water partition coefficient (Wildman–Crippen LogP) is 2.85. The molecule has 23 heavy (non-hydrogen) atoms. The molecule has 2 atom stereocenters. The van der Waals surface area contributed by atoms with Crippen molar-refractivity contribution in [2.24, 2.45) is 5.92 Å². The van der Waals surface area contributed by atoms with Crippen LogP contribution >= 0.6 is 22.6 Å². The second-order valence-corrected chi connectivity index (χ2v) is 7.09. The summed E-state index contributed by atoms with van der Waals surface area (Å²) < 4.78 is 7.59. The normalized spacial score (nSPS) is 29.4. The van der Waals surface area contributed by atoms with E-state index in [1.807, 2.05) is 22.3 Å². The Bertz CT molecular complexity index is 569. The molecule has 2 bridgehead atoms. The molecule has 0 aliphatic carbocycles. The molecule has 1 N–H and O–H groups in total. The summed E-state index contributed by atoms with van der Waals surface area (Å²) in [6, 6.07) is 9.08. The third kappa shape index (κ3) is 3.61. The van der Waals surface area contributed by atoms with Crippen LogP contribution in [0.15, 0.2) is 40.5 Å². The molecule has 4 rings (SSSR count). The van der Waals surface area contributed by atoms with Crippen molar-refractivity contribution in [1.29, 1.82) is 0 Å². The number of piperidine rings is 3. The van der Waals surface area contributed by atoms with Crippen molar-refractivity contribution in [2.45, 2.75) is 31.0 Å². The van der Waals surface area contributed by atoms with Crippen LogP contribution in [-0.2, 0) is 15.1 Å². The van der Waals surface area contributed by atoms with Gasteiger partial charge in [0.1, 0.15) is 6.10 Å². The van der Waals surface area contributed by atoms with Crippen LogP contribution in [0.3, 0.4) is 0 Å². The maximum Gasteiger partial charge on any atom is 0.343 e. The second-order valence-electron chi connectivity index (χ2n) is 6.37. The highest BCUT2D eigenvalue weighted by Crippen LogP contribution is 2.33. The van der Waals surface area contributed by atoms with Crippen molar-refractivity contribution in [3.8, 4) is 0 Å². The summed E-state index contributed by atoms with van der Waals surface area (Å²) in [4.78, 5) is 15.1. The number of nitrogens with zero attached hydrogens (tertiary/aromatic N) is 1. The molecule has 1 aromatic rings. The fourth-order valence-corrected chi connectivity index (χ4v) is 3.78. The molecule has 3 fully saturated rings. The van der Waals surface area contributed by atoms with E-state index in [-0.39, 0.29) is 12.5 Å². The number of aliphatic hydroxyl groups is 1. The summed E-state index contributed by atoms with van der Waals surface area (Å²) in [6.07, 6.45) is 4.08. The zero-order chi connectivity index (χ0) is 16.3. The number of carbonyl (C=O) groups excluding carboxylic acids is 1. The highest BCUT2D eigenvalue weighted by molar-refractivity contribution is 14.1. The predicted molar refractivity (Wildman–Crippen MR) is 97.2 cm³/mol. The lowest BCUT2D eigenvalue weighted by molar-refractivity contribution is -0.181. The van der Waals surface area contributed by atoms with Crippen LogP contribution in [0.2, 0.25) is 0 Å². The van der Waals surface area contributed by atoms with Crippen LogP contribution in [0.1, 0.15) is 24.8 Å². The van der Waals surface area contributed by atoms with Crippen LogP contribution < -0.4 is 0 Å². The van der Waals surface area contributed by atoms with Crippen molar-refractivity contribution < 1.29 is 14.6 Å². The fourth-order valence-electron chi connectivity index (χ4n) is 3.53. The monoisotopic (exact) mass is 425 g/mol. The minimum atomic E-state index is -1.62. The van der Waals surface area contributed by atoms with E-state index in [0.29, 0.717) is 11.5 Å². The Kier molecular flexibility index (Phi) is 5.38. The molecule has 4 nitrogen and oxygen atoms in total. The van der Waals surface area contributed by atoms with Crippen molar-refractivity contribution in [3.63, 3.8) is 0 Å². The Labute approximate surface area is 150 Å². The molecule has 2 unspecified atom stereocenters. The van der Waals surface area contributed by atoms with Crippen molar-refractivity contribution >= 4 is 28.6 Å². The molecule has 124 valence electrons. The largest absolute Gasteiger partial charge is 0.458 e. The van der Waals surface area contributed by atoms with Crippen LogP contribution in [-0.4, -0.2) is 41.7 Å². The summed E-state index contributed by atoms with van der Waals surface area (Å²) in [5, 5.41) is 11.0. The van der Waals surface area contributed by atoms with Crippen LogP contribution in [0.25, 0.3) is 0 Å². The van der Waals surface area contributed by atoms with Gasteiger partial charge in [-0.3, -0.25) is 4.90 Å². The molecule has 5 heteroatoms. The first-order chi connectivity index (χ1) is 11.1. The van der Waals surface area contributed by atoms with Gasteiger partial charge in [0.15, 0.2) is 5.60 Å². The topological polar surface area (TPSA) is 49.8 Å². The van der Waals surface area contributed by atoms with Crippen LogP contribution in [0, 0.1) is 5.92 Å². The van der Waals surface area contributed by atoms with Gasteiger partial charge in [-0.15, -0.1) is 0 Å². The number of ether oxygens (including phenoxy) is 1. The maximum absolute atomic E-state index is 12.8. The van der Waals surface area contributed by atoms with Gasteiger partial charge in [0.25, 0.3) is 0 Å². The van der Waals surface area contributed by atoms with E-state index in [0.717, 1.165) is 32.5 Å². The molecule has 3 heterocycles. The molecule has 0 spiro atoms. The third-order valence-corrected chi connectivity index (χ3v) is 5.45. The Morgan fingerprint density at radius 1 is 1.35 bits per heavy atom. The number of rotatable bonds is 5. The van der Waals surface area contributed by atoms with E-state index in [1.165, 1.54) is 0 Å². The van der Waals surface area contributed by atoms with Gasteiger partial charge in [0.05, 0.1) is 0 Å². The van der Waals surface area contributed by atoms with Crippen molar-refractivity contribution in [3.05, 3.63) is 46.1 Å². The minimum Gasteiger partial charge on any atom is -0.458 e. The molecule has 0 amide bonds.